The van der Waals surface area contributed by atoms with E-state index < -0.39 is 0 Å². The van der Waals surface area contributed by atoms with Gasteiger partial charge in [-0.25, -0.2) is 9.89 Å². The molecule has 0 aliphatic heterocycles. The van der Waals surface area contributed by atoms with Crippen molar-refractivity contribution in [3.8, 4) is 0 Å². The minimum atomic E-state index is -0.266. The maximum Gasteiger partial charge on any atom is 0.365 e. The molecule has 0 unspecified atom stereocenters. The molecule has 1 aliphatic rings. The number of aromatic amines is 1. The van der Waals surface area contributed by atoms with E-state index in [4.69, 9.17) is 0 Å². The normalized spacial score (nSPS) is 17.4. The fourth-order valence-electron chi connectivity index (χ4n) is 1.60. The SMILES string of the molecule is O=c1[nH]nnn1C=C1CCCCC1. The van der Waals surface area contributed by atoms with E-state index in [1.54, 1.807) is 6.20 Å². The Balaban J connectivity index is 2.19. The van der Waals surface area contributed by atoms with Crippen LogP contribution in [-0.2, 0) is 0 Å². The van der Waals surface area contributed by atoms with Gasteiger partial charge < -0.3 is 0 Å². The lowest BCUT2D eigenvalue weighted by molar-refractivity contribution is 0.598. The molecular weight excluding hydrogens is 168 g/mol. The van der Waals surface area contributed by atoms with Crippen LogP contribution >= 0.6 is 0 Å². The van der Waals surface area contributed by atoms with Crippen molar-refractivity contribution < 1.29 is 0 Å². The molecule has 0 bridgehead atoms. The lowest BCUT2D eigenvalue weighted by Crippen LogP contribution is -2.13. The van der Waals surface area contributed by atoms with Crippen LogP contribution in [0.1, 0.15) is 32.1 Å². The largest absolute Gasteiger partial charge is 0.365 e. The van der Waals surface area contributed by atoms with Gasteiger partial charge in [0.15, 0.2) is 0 Å². The average molecular weight is 180 g/mol. The summed E-state index contributed by atoms with van der Waals surface area (Å²) in [7, 11) is 0. The number of H-pyrrole nitrogens is 1. The van der Waals surface area contributed by atoms with Gasteiger partial charge in [-0.3, -0.25) is 0 Å². The monoisotopic (exact) mass is 180 g/mol. The number of hydrogen-bond donors (Lipinski definition) is 1. The summed E-state index contributed by atoms with van der Waals surface area (Å²) in [6, 6.07) is 0. The summed E-state index contributed by atoms with van der Waals surface area (Å²) in [5.74, 6) is 0. The Hall–Kier alpha value is -1.39. The predicted octanol–water partition coefficient (Wildman–Crippen LogP) is 0.771. The summed E-state index contributed by atoms with van der Waals surface area (Å²) < 4.78 is 1.26. The Kier molecular flexibility index (Phi) is 2.25. The molecular formula is C8H12N4O. The van der Waals surface area contributed by atoms with Crippen molar-refractivity contribution in [2.75, 3.05) is 0 Å². The van der Waals surface area contributed by atoms with E-state index >= 15 is 0 Å². The number of hydrogen-bond acceptors (Lipinski definition) is 3. The second-order valence-corrected chi connectivity index (χ2v) is 3.30. The quantitative estimate of drug-likeness (QED) is 0.694. The smallest absolute Gasteiger partial charge is 0.244 e. The maximum atomic E-state index is 11.0. The number of aromatic nitrogens is 4. The molecule has 0 atom stereocenters. The molecule has 1 heterocycles. The Morgan fingerprint density at radius 1 is 1.31 bits per heavy atom. The van der Waals surface area contributed by atoms with Crippen LogP contribution in [0.25, 0.3) is 6.20 Å². The van der Waals surface area contributed by atoms with Crippen molar-refractivity contribution in [3.63, 3.8) is 0 Å². The van der Waals surface area contributed by atoms with Crippen LogP contribution in [0.15, 0.2) is 10.4 Å². The van der Waals surface area contributed by atoms with E-state index in [0.717, 1.165) is 12.8 Å². The van der Waals surface area contributed by atoms with E-state index in [-0.39, 0.29) is 5.69 Å². The molecule has 0 aromatic carbocycles. The van der Waals surface area contributed by atoms with Crippen molar-refractivity contribution in [2.24, 2.45) is 0 Å². The lowest BCUT2D eigenvalue weighted by Gasteiger charge is -2.12. The zero-order chi connectivity index (χ0) is 9.10. The fraction of sp³-hybridized carbons (Fsp3) is 0.625. The Bertz CT molecular complexity index is 354. The van der Waals surface area contributed by atoms with Gasteiger partial charge in [-0.2, -0.15) is 4.68 Å². The Morgan fingerprint density at radius 2 is 2.08 bits per heavy atom. The maximum absolute atomic E-state index is 11.0. The van der Waals surface area contributed by atoms with Gasteiger partial charge in [0.25, 0.3) is 0 Å². The summed E-state index contributed by atoms with van der Waals surface area (Å²) in [6.07, 6.45) is 7.70. The number of nitrogens with zero attached hydrogens (tertiary/aromatic N) is 3. The average Bonchev–Trinajstić information content (AvgIpc) is 2.54. The van der Waals surface area contributed by atoms with Gasteiger partial charge in [-0.1, -0.05) is 12.0 Å². The van der Waals surface area contributed by atoms with Crippen LogP contribution in [0.2, 0.25) is 0 Å². The van der Waals surface area contributed by atoms with Gasteiger partial charge in [0.2, 0.25) is 0 Å². The third kappa shape index (κ3) is 1.85. The predicted molar refractivity (Wildman–Crippen MR) is 48.0 cm³/mol. The zero-order valence-corrected chi connectivity index (χ0v) is 7.36. The highest BCUT2D eigenvalue weighted by atomic mass is 16.2. The molecule has 13 heavy (non-hydrogen) atoms. The first-order valence-electron chi connectivity index (χ1n) is 4.56. The van der Waals surface area contributed by atoms with Gasteiger partial charge >= 0.3 is 5.69 Å². The van der Waals surface area contributed by atoms with E-state index in [0.29, 0.717) is 0 Å². The molecule has 1 N–H and O–H groups in total. The highest BCUT2D eigenvalue weighted by Gasteiger charge is 2.06. The minimum Gasteiger partial charge on any atom is -0.244 e. The first-order valence-corrected chi connectivity index (χ1v) is 4.56. The third-order valence-electron chi connectivity index (χ3n) is 2.30. The molecule has 5 heteroatoms. The first kappa shape index (κ1) is 8.22. The van der Waals surface area contributed by atoms with Gasteiger partial charge in [0, 0.05) is 6.20 Å². The summed E-state index contributed by atoms with van der Waals surface area (Å²) >= 11 is 0. The molecule has 5 nitrogen and oxygen atoms in total. The van der Waals surface area contributed by atoms with Crippen molar-refractivity contribution in [1.82, 2.24) is 20.2 Å². The number of nitrogens with one attached hydrogen (secondary N) is 1. The van der Waals surface area contributed by atoms with Crippen LogP contribution in [0, 0.1) is 0 Å². The van der Waals surface area contributed by atoms with E-state index in [1.807, 2.05) is 0 Å². The van der Waals surface area contributed by atoms with Crippen LogP contribution in [0.5, 0.6) is 0 Å². The van der Waals surface area contributed by atoms with Crippen molar-refractivity contribution in [3.05, 3.63) is 16.1 Å². The molecule has 0 spiro atoms. The van der Waals surface area contributed by atoms with Gasteiger partial charge in [0.05, 0.1) is 0 Å². The number of tetrazole rings is 1. The van der Waals surface area contributed by atoms with E-state index in [9.17, 15) is 4.79 Å². The topological polar surface area (TPSA) is 63.6 Å². The standard InChI is InChI=1S/C8H12N4O/c13-8-9-10-11-12(8)6-7-4-2-1-3-5-7/h6H,1-5H2,(H,9,11,13). The van der Waals surface area contributed by atoms with Crippen LogP contribution in [-0.4, -0.2) is 20.2 Å². The van der Waals surface area contributed by atoms with Gasteiger partial charge in [-0.15, -0.1) is 0 Å². The molecule has 1 aromatic rings. The summed E-state index contributed by atoms with van der Waals surface area (Å²) in [5.41, 5.74) is 1.03. The number of allylic oxidation sites excluding steroid dienone is 1. The van der Waals surface area contributed by atoms with Crippen LogP contribution < -0.4 is 5.69 Å². The summed E-state index contributed by atoms with van der Waals surface area (Å²) in [5, 5.41) is 9.31. The summed E-state index contributed by atoms with van der Waals surface area (Å²) in [6.45, 7) is 0. The van der Waals surface area contributed by atoms with Crippen molar-refractivity contribution >= 4 is 6.20 Å². The lowest BCUT2D eigenvalue weighted by atomic mass is 9.96. The fourth-order valence-corrected chi connectivity index (χ4v) is 1.60. The third-order valence-corrected chi connectivity index (χ3v) is 2.30. The molecule has 0 amide bonds. The van der Waals surface area contributed by atoms with E-state index in [1.165, 1.54) is 29.5 Å². The van der Waals surface area contributed by atoms with Crippen molar-refractivity contribution in [2.45, 2.75) is 32.1 Å². The Morgan fingerprint density at radius 3 is 2.69 bits per heavy atom. The number of rotatable bonds is 1. The zero-order valence-electron chi connectivity index (χ0n) is 7.36. The molecule has 2 rings (SSSR count). The van der Waals surface area contributed by atoms with Crippen LogP contribution in [0.3, 0.4) is 0 Å². The molecule has 0 saturated heterocycles. The van der Waals surface area contributed by atoms with Crippen molar-refractivity contribution in [1.29, 1.82) is 0 Å². The van der Waals surface area contributed by atoms with Gasteiger partial charge in [-0.05, 0) is 36.1 Å². The second-order valence-electron chi connectivity index (χ2n) is 3.30. The molecule has 1 saturated carbocycles. The van der Waals surface area contributed by atoms with E-state index in [2.05, 4.69) is 15.5 Å². The van der Waals surface area contributed by atoms with Gasteiger partial charge in [0.1, 0.15) is 0 Å². The molecule has 70 valence electrons. The summed E-state index contributed by atoms with van der Waals surface area (Å²) in [4.78, 5) is 11.0. The highest BCUT2D eigenvalue weighted by molar-refractivity contribution is 5.28. The molecule has 1 fully saturated rings. The molecule has 0 radical (unpaired) electrons. The minimum absolute atomic E-state index is 0.266. The highest BCUT2D eigenvalue weighted by Crippen LogP contribution is 2.22. The Labute approximate surface area is 75.4 Å². The molecule has 1 aromatic heterocycles. The van der Waals surface area contributed by atoms with Crippen LogP contribution in [0.4, 0.5) is 0 Å². The first-order chi connectivity index (χ1) is 6.36. The second kappa shape index (κ2) is 3.55. The molecule has 1 aliphatic carbocycles.